The van der Waals surface area contributed by atoms with Crippen molar-refractivity contribution in [2.75, 3.05) is 31.1 Å². The zero-order valence-electron chi connectivity index (χ0n) is 17.7. The number of anilines is 1. The first-order valence-corrected chi connectivity index (χ1v) is 10.6. The summed E-state index contributed by atoms with van der Waals surface area (Å²) in [6.45, 7) is 7.08. The summed E-state index contributed by atoms with van der Waals surface area (Å²) >= 11 is 0. The molecule has 1 aromatic carbocycles. The Labute approximate surface area is 177 Å². The molecule has 0 aliphatic carbocycles. The van der Waals surface area contributed by atoms with Crippen molar-refractivity contribution in [1.82, 2.24) is 14.9 Å². The monoisotopic (exact) mass is 404 g/mol. The minimum Gasteiger partial charge on any atom is -0.459 e. The molecule has 0 saturated carbocycles. The lowest BCUT2D eigenvalue weighted by molar-refractivity contribution is 0.0735. The molecule has 30 heavy (non-hydrogen) atoms. The van der Waals surface area contributed by atoms with Gasteiger partial charge in [-0.3, -0.25) is 4.79 Å². The van der Waals surface area contributed by atoms with Gasteiger partial charge in [0.1, 0.15) is 11.6 Å². The molecule has 1 amide bonds. The summed E-state index contributed by atoms with van der Waals surface area (Å²) in [5.41, 5.74) is 3.56. The molecule has 0 unspecified atom stereocenters. The van der Waals surface area contributed by atoms with Crippen molar-refractivity contribution >= 4 is 11.7 Å². The van der Waals surface area contributed by atoms with Gasteiger partial charge in [0.05, 0.1) is 6.26 Å². The maximum atomic E-state index is 12.7. The summed E-state index contributed by atoms with van der Waals surface area (Å²) in [6.07, 6.45) is 4.12. The molecule has 3 aromatic rings. The summed E-state index contributed by atoms with van der Waals surface area (Å²) in [5, 5.41) is 0. The molecule has 0 atom stereocenters. The predicted molar refractivity (Wildman–Crippen MR) is 117 cm³/mol. The van der Waals surface area contributed by atoms with Crippen LogP contribution in [0.25, 0.3) is 0 Å². The van der Waals surface area contributed by atoms with Gasteiger partial charge in [-0.2, -0.15) is 0 Å². The van der Waals surface area contributed by atoms with Crippen molar-refractivity contribution in [3.63, 3.8) is 0 Å². The van der Waals surface area contributed by atoms with Crippen LogP contribution < -0.4 is 4.90 Å². The number of aromatic nitrogens is 2. The molecule has 0 bridgehead atoms. The van der Waals surface area contributed by atoms with Gasteiger partial charge in [0, 0.05) is 43.9 Å². The zero-order valence-corrected chi connectivity index (χ0v) is 17.7. The number of hydrogen-bond acceptors (Lipinski definition) is 5. The molecule has 3 heterocycles. The average Bonchev–Trinajstić information content (AvgIpc) is 3.20. The first-order valence-electron chi connectivity index (χ1n) is 10.6. The van der Waals surface area contributed by atoms with E-state index in [2.05, 4.69) is 36.1 Å². The lowest BCUT2D eigenvalue weighted by Gasteiger charge is -2.26. The molecule has 1 aliphatic heterocycles. The van der Waals surface area contributed by atoms with E-state index in [9.17, 15) is 4.79 Å². The Morgan fingerprint density at radius 2 is 1.87 bits per heavy atom. The average molecular weight is 405 g/mol. The van der Waals surface area contributed by atoms with Crippen LogP contribution in [-0.2, 0) is 12.8 Å². The van der Waals surface area contributed by atoms with Gasteiger partial charge in [0.2, 0.25) is 0 Å². The highest BCUT2D eigenvalue weighted by Gasteiger charge is 2.25. The molecule has 1 fully saturated rings. The normalized spacial score (nSPS) is 14.6. The highest BCUT2D eigenvalue weighted by Crippen LogP contribution is 2.26. The minimum absolute atomic E-state index is 0.0422. The van der Waals surface area contributed by atoms with Crippen LogP contribution in [0.4, 0.5) is 5.82 Å². The van der Waals surface area contributed by atoms with Crippen molar-refractivity contribution < 1.29 is 9.21 Å². The third-order valence-corrected chi connectivity index (χ3v) is 5.56. The summed E-state index contributed by atoms with van der Waals surface area (Å²) < 4.78 is 5.31. The number of benzene rings is 1. The molecule has 2 aromatic heterocycles. The highest BCUT2D eigenvalue weighted by molar-refractivity contribution is 5.91. The van der Waals surface area contributed by atoms with Gasteiger partial charge in [-0.1, -0.05) is 37.3 Å². The van der Waals surface area contributed by atoms with Crippen LogP contribution in [0.15, 0.2) is 53.1 Å². The molecule has 4 rings (SSSR count). The number of nitrogens with zero attached hydrogens (tertiary/aromatic N) is 4. The molecule has 156 valence electrons. The third kappa shape index (κ3) is 4.37. The van der Waals surface area contributed by atoms with Crippen LogP contribution in [0.5, 0.6) is 0 Å². The number of furan rings is 1. The molecular formula is C24H28N4O2. The molecule has 0 N–H and O–H groups in total. The van der Waals surface area contributed by atoms with Crippen molar-refractivity contribution in [1.29, 1.82) is 0 Å². The van der Waals surface area contributed by atoms with Gasteiger partial charge < -0.3 is 14.2 Å². The van der Waals surface area contributed by atoms with Crippen LogP contribution in [-0.4, -0.2) is 47.0 Å². The topological polar surface area (TPSA) is 62.5 Å². The number of aryl methyl sites for hydroxylation is 2. The molecule has 0 radical (unpaired) electrons. The Bertz CT molecular complexity index is 986. The maximum absolute atomic E-state index is 12.7. The molecule has 0 spiro atoms. The van der Waals surface area contributed by atoms with Gasteiger partial charge in [-0.15, -0.1) is 0 Å². The fourth-order valence-electron chi connectivity index (χ4n) is 4.06. The van der Waals surface area contributed by atoms with Gasteiger partial charge in [0.15, 0.2) is 5.76 Å². The van der Waals surface area contributed by atoms with E-state index in [0.717, 1.165) is 56.2 Å². The van der Waals surface area contributed by atoms with E-state index >= 15 is 0 Å². The molecular weight excluding hydrogens is 376 g/mol. The van der Waals surface area contributed by atoms with Gasteiger partial charge in [-0.25, -0.2) is 9.97 Å². The van der Waals surface area contributed by atoms with E-state index in [1.165, 1.54) is 11.1 Å². The Kier molecular flexibility index (Phi) is 6.12. The quantitative estimate of drug-likeness (QED) is 0.646. The van der Waals surface area contributed by atoms with Gasteiger partial charge in [0.25, 0.3) is 5.91 Å². The van der Waals surface area contributed by atoms with Crippen LogP contribution >= 0.6 is 0 Å². The summed E-state index contributed by atoms with van der Waals surface area (Å²) in [5.74, 6) is 2.17. The Morgan fingerprint density at radius 3 is 2.60 bits per heavy atom. The Hall–Kier alpha value is -3.15. The van der Waals surface area contributed by atoms with Crippen LogP contribution in [0.3, 0.4) is 0 Å². The minimum atomic E-state index is -0.0422. The SMILES string of the molecule is CCc1nc(C)nc(N2CCCN(C(=O)c3ccco3)CC2)c1Cc1ccccc1. The molecule has 1 aliphatic rings. The first-order chi connectivity index (χ1) is 14.7. The van der Waals surface area contributed by atoms with E-state index in [4.69, 9.17) is 14.4 Å². The second kappa shape index (κ2) is 9.11. The predicted octanol–water partition coefficient (Wildman–Crippen LogP) is 3.88. The van der Waals surface area contributed by atoms with E-state index in [-0.39, 0.29) is 5.91 Å². The third-order valence-electron chi connectivity index (χ3n) is 5.56. The van der Waals surface area contributed by atoms with Gasteiger partial charge >= 0.3 is 0 Å². The molecule has 6 heteroatoms. The van der Waals surface area contributed by atoms with Crippen LogP contribution in [0.2, 0.25) is 0 Å². The first kappa shape index (κ1) is 20.1. The summed E-state index contributed by atoms with van der Waals surface area (Å²) in [6, 6.07) is 14.0. The number of rotatable bonds is 5. The number of carbonyl (C=O) groups excluding carboxylic acids is 1. The smallest absolute Gasteiger partial charge is 0.289 e. The Balaban J connectivity index is 1.59. The van der Waals surface area contributed by atoms with E-state index in [1.807, 2.05) is 17.9 Å². The standard InChI is InChI=1S/C24H28N4O2/c1-3-21-20(17-19-9-5-4-6-10-19)23(26-18(2)25-21)27-12-8-13-28(15-14-27)24(29)22-11-7-16-30-22/h4-7,9-11,16H,3,8,12-15,17H2,1-2H3. The molecule has 1 saturated heterocycles. The second-order valence-electron chi connectivity index (χ2n) is 7.65. The maximum Gasteiger partial charge on any atom is 0.289 e. The summed E-state index contributed by atoms with van der Waals surface area (Å²) in [7, 11) is 0. The summed E-state index contributed by atoms with van der Waals surface area (Å²) in [4.78, 5) is 26.5. The van der Waals surface area contributed by atoms with Crippen molar-refractivity contribution in [2.45, 2.75) is 33.1 Å². The zero-order chi connectivity index (χ0) is 20.9. The number of carbonyl (C=O) groups is 1. The van der Waals surface area contributed by atoms with E-state index in [1.54, 1.807) is 18.4 Å². The van der Waals surface area contributed by atoms with Crippen molar-refractivity contribution in [3.05, 3.63) is 77.1 Å². The fourth-order valence-corrected chi connectivity index (χ4v) is 4.06. The van der Waals surface area contributed by atoms with Gasteiger partial charge in [-0.05, 0) is 37.5 Å². The van der Waals surface area contributed by atoms with Crippen LogP contribution in [0, 0.1) is 6.92 Å². The van der Waals surface area contributed by atoms with Crippen molar-refractivity contribution in [2.24, 2.45) is 0 Å². The lowest BCUT2D eigenvalue weighted by atomic mass is 10.0. The van der Waals surface area contributed by atoms with Crippen LogP contribution in [0.1, 0.15) is 46.5 Å². The largest absolute Gasteiger partial charge is 0.459 e. The Morgan fingerprint density at radius 1 is 1.03 bits per heavy atom. The number of hydrogen-bond donors (Lipinski definition) is 0. The second-order valence-corrected chi connectivity index (χ2v) is 7.65. The lowest BCUT2D eigenvalue weighted by Crippen LogP contribution is -2.35. The highest BCUT2D eigenvalue weighted by atomic mass is 16.3. The number of amides is 1. The fraction of sp³-hybridized carbons (Fsp3) is 0.375. The van der Waals surface area contributed by atoms with E-state index in [0.29, 0.717) is 12.3 Å². The van der Waals surface area contributed by atoms with Crippen molar-refractivity contribution in [3.8, 4) is 0 Å². The van der Waals surface area contributed by atoms with E-state index < -0.39 is 0 Å². The molecule has 6 nitrogen and oxygen atoms in total.